The Morgan fingerprint density at radius 3 is 2.48 bits per heavy atom. The van der Waals surface area contributed by atoms with Gasteiger partial charge in [0.25, 0.3) is 0 Å². The number of carbonyl (C=O) groups is 2. The van der Waals surface area contributed by atoms with E-state index >= 15 is 0 Å². The van der Waals surface area contributed by atoms with Crippen LogP contribution in [0.2, 0.25) is 0 Å². The first-order valence-electron chi connectivity index (χ1n) is 9.55. The summed E-state index contributed by atoms with van der Waals surface area (Å²) in [7, 11) is 0. The minimum absolute atomic E-state index is 0.110. The van der Waals surface area contributed by atoms with Crippen molar-refractivity contribution in [3.63, 3.8) is 0 Å². The number of nitrogens with two attached hydrogens (primary N) is 1. The second-order valence-corrected chi connectivity index (χ2v) is 7.94. The zero-order valence-electron chi connectivity index (χ0n) is 15.8. The molecule has 1 aliphatic rings. The Kier molecular flexibility index (Phi) is 7.03. The van der Waals surface area contributed by atoms with Gasteiger partial charge in [-0.25, -0.2) is 0 Å². The standard InChI is InChI=1S/C21H32N2O2/c1-14(2)18-12-7-15(3)13-19(18)21(25)23-17-10-8-16(9-11-17)5-4-6-20(22)24/h8-11,14-15,18-19H,4-7,12-13H2,1-3H3,(H2,22,24)(H,23,25)/t15-,18+,19?/m1/s1. The molecule has 4 heteroatoms. The molecule has 1 fully saturated rings. The molecule has 4 nitrogen and oxygen atoms in total. The number of hydrogen-bond acceptors (Lipinski definition) is 2. The summed E-state index contributed by atoms with van der Waals surface area (Å²) in [5.74, 6) is 1.65. The van der Waals surface area contributed by atoms with Crippen LogP contribution < -0.4 is 11.1 Å². The molecule has 0 radical (unpaired) electrons. The maximum Gasteiger partial charge on any atom is 0.227 e. The summed E-state index contributed by atoms with van der Waals surface area (Å²) in [6.45, 7) is 6.70. The molecule has 1 aromatic carbocycles. The van der Waals surface area contributed by atoms with Crippen LogP contribution in [-0.2, 0) is 16.0 Å². The highest BCUT2D eigenvalue weighted by atomic mass is 16.2. The average Bonchev–Trinajstić information content (AvgIpc) is 2.55. The highest BCUT2D eigenvalue weighted by Gasteiger charge is 2.35. The summed E-state index contributed by atoms with van der Waals surface area (Å²) in [5, 5.41) is 3.11. The molecule has 1 aliphatic carbocycles. The lowest BCUT2D eigenvalue weighted by Crippen LogP contribution is -2.36. The molecule has 2 amide bonds. The van der Waals surface area contributed by atoms with Crippen LogP contribution in [0.3, 0.4) is 0 Å². The Bertz CT molecular complexity index is 580. The van der Waals surface area contributed by atoms with Gasteiger partial charge < -0.3 is 11.1 Å². The third kappa shape index (κ3) is 5.87. The summed E-state index contributed by atoms with van der Waals surface area (Å²) in [4.78, 5) is 23.6. The largest absolute Gasteiger partial charge is 0.370 e. The van der Waals surface area contributed by atoms with Gasteiger partial charge in [-0.15, -0.1) is 0 Å². The number of nitrogens with one attached hydrogen (secondary N) is 1. The molecule has 1 unspecified atom stereocenters. The fourth-order valence-corrected chi connectivity index (χ4v) is 3.96. The van der Waals surface area contributed by atoms with Crippen LogP contribution in [0.5, 0.6) is 0 Å². The van der Waals surface area contributed by atoms with Crippen LogP contribution in [0.4, 0.5) is 5.69 Å². The lowest BCUT2D eigenvalue weighted by molar-refractivity contribution is -0.124. The number of amides is 2. The van der Waals surface area contributed by atoms with Crippen LogP contribution in [0.15, 0.2) is 24.3 Å². The average molecular weight is 344 g/mol. The second kappa shape index (κ2) is 9.02. The molecule has 25 heavy (non-hydrogen) atoms. The van der Waals surface area contributed by atoms with E-state index in [1.165, 1.54) is 6.42 Å². The fraction of sp³-hybridized carbons (Fsp3) is 0.619. The molecule has 138 valence electrons. The van der Waals surface area contributed by atoms with Gasteiger partial charge in [-0.05, 0) is 61.1 Å². The van der Waals surface area contributed by atoms with Gasteiger partial charge >= 0.3 is 0 Å². The first-order valence-corrected chi connectivity index (χ1v) is 9.55. The minimum atomic E-state index is -0.259. The molecular weight excluding hydrogens is 312 g/mol. The van der Waals surface area contributed by atoms with Crippen molar-refractivity contribution in [1.82, 2.24) is 0 Å². The van der Waals surface area contributed by atoms with Crippen LogP contribution in [-0.4, -0.2) is 11.8 Å². The molecule has 1 saturated carbocycles. The van der Waals surface area contributed by atoms with E-state index < -0.39 is 0 Å². The number of carbonyl (C=O) groups excluding carboxylic acids is 2. The van der Waals surface area contributed by atoms with Crippen LogP contribution in [0, 0.1) is 23.7 Å². The number of benzene rings is 1. The fourth-order valence-electron chi connectivity index (χ4n) is 3.96. The van der Waals surface area contributed by atoms with Crippen molar-refractivity contribution in [1.29, 1.82) is 0 Å². The van der Waals surface area contributed by atoms with Crippen molar-refractivity contribution >= 4 is 17.5 Å². The lowest BCUT2D eigenvalue weighted by atomic mass is 9.70. The highest BCUT2D eigenvalue weighted by Crippen LogP contribution is 2.38. The normalized spacial score (nSPS) is 23.4. The van der Waals surface area contributed by atoms with Gasteiger partial charge in [-0.1, -0.05) is 39.3 Å². The Labute approximate surface area is 151 Å². The van der Waals surface area contributed by atoms with Crippen molar-refractivity contribution in [3.05, 3.63) is 29.8 Å². The maximum absolute atomic E-state index is 12.8. The van der Waals surface area contributed by atoms with Gasteiger partial charge in [-0.3, -0.25) is 9.59 Å². The number of primary amides is 1. The molecule has 1 aromatic rings. The SMILES string of the molecule is CC(C)[C@@H]1CC[C@@H](C)CC1C(=O)Nc1ccc(CCCC(N)=O)cc1. The topological polar surface area (TPSA) is 72.2 Å². The summed E-state index contributed by atoms with van der Waals surface area (Å²) in [6.07, 6.45) is 5.36. The van der Waals surface area contributed by atoms with Crippen molar-refractivity contribution in [2.24, 2.45) is 29.4 Å². The third-order valence-electron chi connectivity index (χ3n) is 5.47. The van der Waals surface area contributed by atoms with Gasteiger partial charge in [0.15, 0.2) is 0 Å². The van der Waals surface area contributed by atoms with Crippen LogP contribution in [0.25, 0.3) is 0 Å². The first kappa shape index (κ1) is 19.5. The summed E-state index contributed by atoms with van der Waals surface area (Å²) in [5.41, 5.74) is 7.17. The Hall–Kier alpha value is -1.84. The molecule has 0 spiro atoms. The molecule has 0 bridgehead atoms. The van der Waals surface area contributed by atoms with E-state index in [0.717, 1.165) is 36.9 Å². The van der Waals surface area contributed by atoms with Gasteiger partial charge in [0.2, 0.25) is 11.8 Å². The van der Waals surface area contributed by atoms with E-state index in [2.05, 4.69) is 26.1 Å². The summed E-state index contributed by atoms with van der Waals surface area (Å²) < 4.78 is 0. The van der Waals surface area contributed by atoms with E-state index in [4.69, 9.17) is 5.73 Å². The Morgan fingerprint density at radius 2 is 1.88 bits per heavy atom. The van der Waals surface area contributed by atoms with Crippen LogP contribution >= 0.6 is 0 Å². The Morgan fingerprint density at radius 1 is 1.20 bits per heavy atom. The maximum atomic E-state index is 12.8. The molecule has 0 saturated heterocycles. The summed E-state index contributed by atoms with van der Waals surface area (Å²) >= 11 is 0. The number of anilines is 1. The van der Waals surface area contributed by atoms with Gasteiger partial charge in [0.05, 0.1) is 0 Å². The third-order valence-corrected chi connectivity index (χ3v) is 5.47. The van der Waals surface area contributed by atoms with Crippen molar-refractivity contribution in [2.45, 2.75) is 59.3 Å². The van der Waals surface area contributed by atoms with E-state index in [1.54, 1.807) is 0 Å². The predicted octanol–water partition coefficient (Wildman–Crippen LogP) is 4.14. The smallest absolute Gasteiger partial charge is 0.227 e. The van der Waals surface area contributed by atoms with E-state index in [-0.39, 0.29) is 17.7 Å². The number of aryl methyl sites for hydroxylation is 1. The molecule has 0 aliphatic heterocycles. The van der Waals surface area contributed by atoms with Gasteiger partial charge in [0.1, 0.15) is 0 Å². The second-order valence-electron chi connectivity index (χ2n) is 7.94. The lowest BCUT2D eigenvalue weighted by Gasteiger charge is -2.36. The zero-order chi connectivity index (χ0) is 18.4. The highest BCUT2D eigenvalue weighted by molar-refractivity contribution is 5.92. The molecule has 3 atom stereocenters. The molecular formula is C21H32N2O2. The van der Waals surface area contributed by atoms with Crippen molar-refractivity contribution in [2.75, 3.05) is 5.32 Å². The van der Waals surface area contributed by atoms with Gasteiger partial charge in [-0.2, -0.15) is 0 Å². The number of hydrogen-bond donors (Lipinski definition) is 2. The van der Waals surface area contributed by atoms with E-state index in [1.807, 2.05) is 24.3 Å². The zero-order valence-corrected chi connectivity index (χ0v) is 15.8. The molecule has 3 N–H and O–H groups in total. The van der Waals surface area contributed by atoms with E-state index in [0.29, 0.717) is 24.2 Å². The van der Waals surface area contributed by atoms with Crippen molar-refractivity contribution < 1.29 is 9.59 Å². The molecule has 2 rings (SSSR count). The van der Waals surface area contributed by atoms with Crippen LogP contribution in [0.1, 0.15) is 58.4 Å². The van der Waals surface area contributed by atoms with Crippen molar-refractivity contribution in [3.8, 4) is 0 Å². The molecule has 0 aromatic heterocycles. The first-order chi connectivity index (χ1) is 11.9. The monoisotopic (exact) mass is 344 g/mol. The number of rotatable bonds is 7. The van der Waals surface area contributed by atoms with E-state index in [9.17, 15) is 9.59 Å². The minimum Gasteiger partial charge on any atom is -0.370 e. The quantitative estimate of drug-likeness (QED) is 0.780. The predicted molar refractivity (Wildman–Crippen MR) is 102 cm³/mol. The molecule has 0 heterocycles. The summed E-state index contributed by atoms with van der Waals surface area (Å²) in [6, 6.07) is 7.93. The van der Waals surface area contributed by atoms with Gasteiger partial charge in [0, 0.05) is 18.0 Å². The Balaban J connectivity index is 1.93.